The van der Waals surface area contributed by atoms with Gasteiger partial charge in [0.15, 0.2) is 0 Å². The van der Waals surface area contributed by atoms with E-state index in [1.807, 2.05) is 6.07 Å². The second kappa shape index (κ2) is 7.76. The lowest BCUT2D eigenvalue weighted by Gasteiger charge is -2.29. The molecule has 2 atom stereocenters. The number of nitrogens with zero attached hydrogens (tertiary/aromatic N) is 1. The van der Waals surface area contributed by atoms with Crippen LogP contribution in [0.3, 0.4) is 0 Å². The minimum atomic E-state index is -0.426. The average molecular weight is 345 g/mol. The summed E-state index contributed by atoms with van der Waals surface area (Å²) in [4.78, 5) is 26.1. The monoisotopic (exact) mass is 345 g/mol. The highest BCUT2D eigenvalue weighted by atomic mass is 16.5. The maximum Gasteiger partial charge on any atom is 0.318 e. The summed E-state index contributed by atoms with van der Waals surface area (Å²) >= 11 is 0. The lowest BCUT2D eigenvalue weighted by atomic mass is 9.82. The van der Waals surface area contributed by atoms with Crippen molar-refractivity contribution >= 4 is 11.9 Å². The molecule has 1 aliphatic heterocycles. The molecule has 1 aromatic carbocycles. The second-order valence-electron chi connectivity index (χ2n) is 6.85. The highest BCUT2D eigenvalue weighted by Gasteiger charge is 2.28. The van der Waals surface area contributed by atoms with E-state index in [0.29, 0.717) is 25.6 Å². The fourth-order valence-electron chi connectivity index (χ4n) is 3.76. The van der Waals surface area contributed by atoms with E-state index in [0.717, 1.165) is 31.4 Å². The van der Waals surface area contributed by atoms with E-state index >= 15 is 0 Å². The molecule has 0 saturated carbocycles. The first-order valence-corrected chi connectivity index (χ1v) is 9.09. The first-order chi connectivity index (χ1) is 12.1. The fraction of sp³-hybridized carbons (Fsp3) is 0.579. The van der Waals surface area contributed by atoms with Crippen LogP contribution in [-0.4, -0.2) is 49.6 Å². The lowest BCUT2D eigenvalue weighted by Crippen LogP contribution is -2.50. The first-order valence-electron chi connectivity index (χ1n) is 9.09. The van der Waals surface area contributed by atoms with Crippen molar-refractivity contribution in [3.63, 3.8) is 0 Å². The highest BCUT2D eigenvalue weighted by molar-refractivity contribution is 5.87. The van der Waals surface area contributed by atoms with E-state index in [-0.39, 0.29) is 11.9 Å². The quantitative estimate of drug-likeness (QED) is 0.881. The van der Waals surface area contributed by atoms with E-state index in [1.165, 1.54) is 11.1 Å². The Labute approximate surface area is 148 Å². The summed E-state index contributed by atoms with van der Waals surface area (Å²) in [6, 6.07) is 5.63. The van der Waals surface area contributed by atoms with Gasteiger partial charge in [0, 0.05) is 25.6 Å². The van der Waals surface area contributed by atoms with Gasteiger partial charge in [-0.15, -0.1) is 0 Å². The first kappa shape index (κ1) is 17.6. The van der Waals surface area contributed by atoms with Crippen molar-refractivity contribution < 1.29 is 14.3 Å². The van der Waals surface area contributed by atoms with Crippen LogP contribution in [0.15, 0.2) is 18.2 Å². The van der Waals surface area contributed by atoms with Gasteiger partial charge in [-0.05, 0) is 55.9 Å². The Morgan fingerprint density at radius 3 is 3.04 bits per heavy atom. The molecule has 1 fully saturated rings. The molecule has 25 heavy (non-hydrogen) atoms. The molecule has 2 aliphatic rings. The Morgan fingerprint density at radius 1 is 1.40 bits per heavy atom. The Kier molecular flexibility index (Phi) is 5.46. The van der Waals surface area contributed by atoms with Gasteiger partial charge in [0.25, 0.3) is 0 Å². The predicted molar refractivity (Wildman–Crippen MR) is 95.9 cm³/mol. The Balaban J connectivity index is 1.64. The predicted octanol–water partition coefficient (Wildman–Crippen LogP) is 2.04. The summed E-state index contributed by atoms with van der Waals surface area (Å²) in [5.41, 5.74) is 2.61. The van der Waals surface area contributed by atoms with Gasteiger partial charge in [0.05, 0.1) is 7.11 Å². The van der Waals surface area contributed by atoms with Gasteiger partial charge in [0.1, 0.15) is 11.8 Å². The molecular formula is C19H27N3O3. The van der Waals surface area contributed by atoms with E-state index in [1.54, 1.807) is 18.9 Å². The summed E-state index contributed by atoms with van der Waals surface area (Å²) < 4.78 is 5.31. The van der Waals surface area contributed by atoms with Crippen molar-refractivity contribution in [2.45, 2.75) is 44.6 Å². The third-order valence-corrected chi connectivity index (χ3v) is 5.27. The molecule has 0 aromatic heterocycles. The Morgan fingerprint density at radius 2 is 2.24 bits per heavy atom. The molecule has 3 amide bonds. The van der Waals surface area contributed by atoms with Crippen molar-refractivity contribution in [3.05, 3.63) is 29.3 Å². The van der Waals surface area contributed by atoms with Crippen LogP contribution in [0.2, 0.25) is 0 Å². The summed E-state index contributed by atoms with van der Waals surface area (Å²) in [5.74, 6) is 1.12. The molecule has 2 unspecified atom stereocenters. The molecule has 1 saturated heterocycles. The van der Waals surface area contributed by atoms with Crippen LogP contribution in [0, 0.1) is 0 Å². The van der Waals surface area contributed by atoms with E-state index in [9.17, 15) is 9.59 Å². The van der Waals surface area contributed by atoms with Gasteiger partial charge in [-0.1, -0.05) is 6.07 Å². The third-order valence-electron chi connectivity index (χ3n) is 5.27. The minimum Gasteiger partial charge on any atom is -0.497 e. The maximum absolute atomic E-state index is 12.6. The number of aryl methyl sites for hydroxylation is 1. The summed E-state index contributed by atoms with van der Waals surface area (Å²) in [6.07, 6.45) is 4.02. The summed E-state index contributed by atoms with van der Waals surface area (Å²) in [6.45, 7) is 3.61. The van der Waals surface area contributed by atoms with Crippen LogP contribution in [0.5, 0.6) is 5.75 Å². The number of nitrogens with one attached hydrogen (secondary N) is 2. The summed E-state index contributed by atoms with van der Waals surface area (Å²) in [5, 5.41) is 5.88. The zero-order chi connectivity index (χ0) is 17.8. The minimum absolute atomic E-state index is 0.0808. The number of methoxy groups -OCH3 is 1. The number of benzene rings is 1. The van der Waals surface area contributed by atoms with Crippen LogP contribution in [-0.2, 0) is 11.2 Å². The van der Waals surface area contributed by atoms with Crippen molar-refractivity contribution in [1.29, 1.82) is 0 Å². The molecule has 0 spiro atoms. The van der Waals surface area contributed by atoms with Crippen LogP contribution >= 0.6 is 0 Å². The van der Waals surface area contributed by atoms with Crippen molar-refractivity contribution in [2.75, 3.05) is 26.7 Å². The number of hydrogen-bond donors (Lipinski definition) is 2. The molecule has 0 radical (unpaired) electrons. The Hall–Kier alpha value is -2.24. The molecule has 136 valence electrons. The summed E-state index contributed by atoms with van der Waals surface area (Å²) in [7, 11) is 1.68. The van der Waals surface area contributed by atoms with Gasteiger partial charge < -0.3 is 20.3 Å². The van der Waals surface area contributed by atoms with Crippen molar-refractivity contribution in [2.24, 2.45) is 0 Å². The van der Waals surface area contributed by atoms with Crippen molar-refractivity contribution in [3.8, 4) is 5.75 Å². The largest absolute Gasteiger partial charge is 0.497 e. The standard InChI is InChI=1S/C19H27N3O3/c1-13-18(23)20-9-4-10-22(13)19(24)21-12-15-6-3-5-14-11-16(25-2)7-8-17(14)15/h7-8,11,13,15H,3-6,9-10,12H2,1-2H3,(H,20,23)(H,21,24). The van der Waals surface area contributed by atoms with E-state index < -0.39 is 6.04 Å². The highest BCUT2D eigenvalue weighted by Crippen LogP contribution is 2.33. The van der Waals surface area contributed by atoms with Gasteiger partial charge >= 0.3 is 6.03 Å². The third kappa shape index (κ3) is 3.89. The van der Waals surface area contributed by atoms with Crippen molar-refractivity contribution in [1.82, 2.24) is 15.5 Å². The fourth-order valence-corrected chi connectivity index (χ4v) is 3.76. The number of fused-ring (bicyclic) bond motifs is 1. The van der Waals surface area contributed by atoms with Gasteiger partial charge in [-0.2, -0.15) is 0 Å². The SMILES string of the molecule is COc1ccc2c(c1)CCCC2CNC(=O)N1CCCNC(=O)C1C. The van der Waals surface area contributed by atoms with Gasteiger partial charge in [-0.25, -0.2) is 4.79 Å². The molecule has 0 bridgehead atoms. The van der Waals surface area contributed by atoms with E-state index in [2.05, 4.69) is 22.8 Å². The molecule has 1 aliphatic carbocycles. The molecule has 3 rings (SSSR count). The lowest BCUT2D eigenvalue weighted by molar-refractivity contribution is -0.124. The number of hydrogen-bond acceptors (Lipinski definition) is 3. The van der Waals surface area contributed by atoms with Gasteiger partial charge in [-0.3, -0.25) is 4.79 Å². The van der Waals surface area contributed by atoms with Crippen LogP contribution in [0.1, 0.15) is 43.2 Å². The zero-order valence-electron chi connectivity index (χ0n) is 15.0. The molecule has 2 N–H and O–H groups in total. The molecule has 1 heterocycles. The smallest absolute Gasteiger partial charge is 0.318 e. The maximum atomic E-state index is 12.6. The number of rotatable bonds is 3. The number of carbonyl (C=O) groups is 2. The van der Waals surface area contributed by atoms with Crippen LogP contribution in [0.4, 0.5) is 4.79 Å². The Bertz CT molecular complexity index is 647. The molecule has 6 nitrogen and oxygen atoms in total. The number of amides is 3. The average Bonchev–Trinajstić information content (AvgIpc) is 2.80. The van der Waals surface area contributed by atoms with E-state index in [4.69, 9.17) is 4.74 Å². The molecule has 6 heteroatoms. The molecule has 1 aromatic rings. The number of ether oxygens (including phenoxy) is 1. The van der Waals surface area contributed by atoms with Gasteiger partial charge in [0.2, 0.25) is 5.91 Å². The zero-order valence-corrected chi connectivity index (χ0v) is 15.0. The molecular weight excluding hydrogens is 318 g/mol. The number of carbonyl (C=O) groups excluding carboxylic acids is 2. The van der Waals surface area contributed by atoms with Crippen LogP contribution in [0.25, 0.3) is 0 Å². The van der Waals surface area contributed by atoms with Crippen LogP contribution < -0.4 is 15.4 Å². The second-order valence-corrected chi connectivity index (χ2v) is 6.85. The normalized spacial score (nSPS) is 23.3. The topological polar surface area (TPSA) is 70.7 Å². The number of urea groups is 1.